The first-order valence-corrected chi connectivity index (χ1v) is 34.3. The third-order valence-electron chi connectivity index (χ3n) is 14.0. The summed E-state index contributed by atoms with van der Waals surface area (Å²) >= 11 is 0. The van der Waals surface area contributed by atoms with Gasteiger partial charge in [0.15, 0.2) is 12.4 Å². The third-order valence-corrected chi connectivity index (χ3v) is 14.0. The Bertz CT molecular complexity index is 2030. The maximum Gasteiger partial charge on any atom is 0.306 e. The van der Waals surface area contributed by atoms with Gasteiger partial charge in [-0.15, -0.1) is 0 Å². The van der Waals surface area contributed by atoms with E-state index in [2.05, 4.69) is 184 Å². The van der Waals surface area contributed by atoms with Gasteiger partial charge in [-0.05, 0) is 128 Å². The summed E-state index contributed by atoms with van der Waals surface area (Å²) in [5, 5.41) is 11.8. The molecule has 0 aromatic heterocycles. The van der Waals surface area contributed by atoms with Crippen LogP contribution in [0.4, 0.5) is 0 Å². The number of hydrogen-bond donors (Lipinski definition) is 0. The molecule has 0 spiro atoms. The van der Waals surface area contributed by atoms with Crippen LogP contribution >= 0.6 is 0 Å². The molecule has 0 aromatic carbocycles. The fourth-order valence-electron chi connectivity index (χ4n) is 8.79. The van der Waals surface area contributed by atoms with Gasteiger partial charge in [-0.25, -0.2) is 0 Å². The van der Waals surface area contributed by atoms with Gasteiger partial charge in [-0.3, -0.25) is 9.59 Å². The van der Waals surface area contributed by atoms with Crippen LogP contribution in [0.25, 0.3) is 0 Å². The molecule has 0 aliphatic carbocycles. The molecular weight excluding hydrogens is 1080 g/mol. The molecule has 0 aliphatic heterocycles. The smallest absolute Gasteiger partial charge is 0.306 e. The third kappa shape index (κ3) is 68.0. The molecule has 9 heteroatoms. The number of allylic oxidation sites excluding steroid dienone is 28. The number of likely N-dealkylation sites (N-methyl/N-ethyl adjacent to an activating group) is 1. The Labute approximate surface area is 533 Å². The van der Waals surface area contributed by atoms with Gasteiger partial charge in [0.2, 0.25) is 0 Å². The van der Waals surface area contributed by atoms with Gasteiger partial charge in [0.25, 0.3) is 0 Å². The normalized spacial score (nSPS) is 13.8. The van der Waals surface area contributed by atoms with E-state index in [-0.39, 0.29) is 38.6 Å². The van der Waals surface area contributed by atoms with Crippen molar-refractivity contribution in [2.45, 2.75) is 257 Å². The Morgan fingerprint density at radius 1 is 0.345 bits per heavy atom. The Morgan fingerprint density at radius 2 is 0.621 bits per heavy atom. The zero-order valence-electron chi connectivity index (χ0n) is 55.8. The van der Waals surface area contributed by atoms with E-state index in [0.717, 1.165) is 122 Å². The molecule has 87 heavy (non-hydrogen) atoms. The molecule has 0 saturated carbocycles. The lowest BCUT2D eigenvalue weighted by Gasteiger charge is -2.26. The molecule has 0 amide bonds. The molecule has 0 aliphatic rings. The molecule has 0 N–H and O–H groups in total. The van der Waals surface area contributed by atoms with E-state index in [1.54, 1.807) is 0 Å². The number of carbonyl (C=O) groups is 3. The zero-order chi connectivity index (χ0) is 63.3. The van der Waals surface area contributed by atoms with Crippen molar-refractivity contribution in [2.24, 2.45) is 0 Å². The maximum atomic E-state index is 12.9. The minimum Gasteiger partial charge on any atom is -0.545 e. The highest BCUT2D eigenvalue weighted by Gasteiger charge is 2.22. The van der Waals surface area contributed by atoms with Crippen molar-refractivity contribution in [3.05, 3.63) is 170 Å². The van der Waals surface area contributed by atoms with Crippen LogP contribution < -0.4 is 5.11 Å². The highest BCUT2D eigenvalue weighted by molar-refractivity contribution is 5.70. The molecule has 0 radical (unpaired) electrons. The average Bonchev–Trinajstić information content (AvgIpc) is 3.56. The molecule has 0 fully saturated rings. The quantitative estimate of drug-likeness (QED) is 0.0195. The van der Waals surface area contributed by atoms with Crippen LogP contribution in [0.2, 0.25) is 0 Å². The first-order chi connectivity index (χ1) is 42.6. The Balaban J connectivity index is 4.22. The Kier molecular flexibility index (Phi) is 62.5. The molecule has 0 bridgehead atoms. The van der Waals surface area contributed by atoms with Crippen LogP contribution in [0.3, 0.4) is 0 Å². The number of quaternary nitrogens is 1. The fourth-order valence-corrected chi connectivity index (χ4v) is 8.79. The van der Waals surface area contributed by atoms with E-state index in [9.17, 15) is 19.5 Å². The zero-order valence-corrected chi connectivity index (χ0v) is 55.8. The Hall–Kier alpha value is -5.35. The van der Waals surface area contributed by atoms with Gasteiger partial charge >= 0.3 is 11.9 Å². The van der Waals surface area contributed by atoms with Gasteiger partial charge in [-0.1, -0.05) is 274 Å². The minimum atomic E-state index is -1.64. The van der Waals surface area contributed by atoms with Crippen molar-refractivity contribution in [1.29, 1.82) is 0 Å². The van der Waals surface area contributed by atoms with Crippen molar-refractivity contribution < 1.29 is 42.9 Å². The molecule has 0 rings (SSSR count). The average molecular weight is 1200 g/mol. The number of carboxylic acids is 1. The second-order valence-corrected chi connectivity index (χ2v) is 23.3. The summed E-state index contributed by atoms with van der Waals surface area (Å²) in [5.74, 6) is -2.36. The lowest BCUT2D eigenvalue weighted by molar-refractivity contribution is -0.870. The van der Waals surface area contributed by atoms with Crippen LogP contribution in [0.1, 0.15) is 245 Å². The summed E-state index contributed by atoms with van der Waals surface area (Å²) in [6, 6.07) is 0. The predicted molar refractivity (Wildman–Crippen MR) is 370 cm³/mol. The van der Waals surface area contributed by atoms with Gasteiger partial charge in [0.1, 0.15) is 13.2 Å². The standard InChI is InChI=1S/C78H125NO8/c1-6-8-10-12-14-16-18-20-22-24-26-28-30-32-34-35-36-37-38-39-40-41-43-44-46-48-50-52-54-56-58-60-62-64-66-68-75(80)85-72-74(73-86-78(77(82)83)84-71-70-79(3,4)5)87-76(81)69-67-65-63-61-59-57-55-53-51-49-47-45-42-33-31-29-27-25-23-21-19-17-15-13-11-9-7-2/h8-11,14-17,20-23,26-29,32-34,36-37,42,47,49,53,55,59,61,74,78H,6-7,12-13,18-19,24-25,30-31,35,38-41,43-46,48,50-52,54,56-58,60,62-73H2,1-5H3/b10-8-,11-9-,16-14-,17-15-,22-20-,23-21-,28-26-,29-27-,34-32-,37-36-,42-33-,49-47-,55-53-,61-59-. The SMILES string of the molecule is CC/C=C\C/C=C\C/C=C\C/C=C\C/C=C\C/C=C\C/C=C\C/C=C\CCCCC(=O)OC(COC(=O)CCCCCCCCCCCCCCCCCC/C=C\C/C=C\C/C=C\C/C=C\C/C=C\C/C=C\CC)COC(OCC[N+](C)(C)C)C(=O)[O-]. The number of esters is 2. The number of nitrogens with zero attached hydrogens (tertiary/aromatic N) is 1. The van der Waals surface area contributed by atoms with Gasteiger partial charge in [-0.2, -0.15) is 0 Å². The number of carboxylic acid groups (broad SMARTS) is 1. The van der Waals surface area contributed by atoms with Crippen molar-refractivity contribution >= 4 is 17.9 Å². The summed E-state index contributed by atoms with van der Waals surface area (Å²) < 4.78 is 22.7. The van der Waals surface area contributed by atoms with Crippen molar-refractivity contribution in [1.82, 2.24) is 0 Å². The maximum absolute atomic E-state index is 12.9. The summed E-state index contributed by atoms with van der Waals surface area (Å²) in [7, 11) is 5.90. The molecule has 0 saturated heterocycles. The van der Waals surface area contributed by atoms with Crippen LogP contribution in [0.15, 0.2) is 170 Å². The van der Waals surface area contributed by atoms with E-state index >= 15 is 0 Å². The molecule has 2 atom stereocenters. The highest BCUT2D eigenvalue weighted by atomic mass is 16.7. The number of ether oxygens (including phenoxy) is 4. The van der Waals surface area contributed by atoms with Gasteiger partial charge in [0.05, 0.1) is 40.3 Å². The Morgan fingerprint density at radius 3 is 0.943 bits per heavy atom. The summed E-state index contributed by atoms with van der Waals surface area (Å²) in [4.78, 5) is 37.5. The molecule has 9 nitrogen and oxygen atoms in total. The monoisotopic (exact) mass is 1200 g/mol. The van der Waals surface area contributed by atoms with E-state index in [1.165, 1.54) is 89.9 Å². The minimum absolute atomic E-state index is 0.130. The number of carbonyl (C=O) groups excluding carboxylic acids is 3. The second kappa shape index (κ2) is 66.6. The molecule has 2 unspecified atom stereocenters. The van der Waals surface area contributed by atoms with Crippen molar-refractivity contribution in [2.75, 3.05) is 47.5 Å². The van der Waals surface area contributed by atoms with Gasteiger partial charge < -0.3 is 33.3 Å². The molecule has 0 heterocycles. The van der Waals surface area contributed by atoms with Crippen LogP contribution in [0, 0.1) is 0 Å². The van der Waals surface area contributed by atoms with Crippen molar-refractivity contribution in [3.8, 4) is 0 Å². The summed E-state index contributed by atoms with van der Waals surface area (Å²) in [6.45, 7) is 4.46. The first kappa shape index (κ1) is 81.7. The first-order valence-electron chi connectivity index (χ1n) is 34.3. The number of unbranched alkanes of at least 4 members (excludes halogenated alkanes) is 18. The number of rotatable bonds is 61. The van der Waals surface area contributed by atoms with Gasteiger partial charge in [0, 0.05) is 12.8 Å². The fraction of sp³-hybridized carbons (Fsp3) is 0.603. The molecular formula is C78H125NO8. The predicted octanol–water partition coefficient (Wildman–Crippen LogP) is 20.1. The van der Waals surface area contributed by atoms with E-state index < -0.39 is 24.3 Å². The second-order valence-electron chi connectivity index (χ2n) is 23.3. The van der Waals surface area contributed by atoms with E-state index in [0.29, 0.717) is 17.4 Å². The topological polar surface area (TPSA) is 111 Å². The largest absolute Gasteiger partial charge is 0.545 e. The highest BCUT2D eigenvalue weighted by Crippen LogP contribution is 2.16. The van der Waals surface area contributed by atoms with E-state index in [4.69, 9.17) is 18.9 Å². The van der Waals surface area contributed by atoms with Crippen LogP contribution in [-0.2, 0) is 33.3 Å². The van der Waals surface area contributed by atoms with Crippen LogP contribution in [-0.4, -0.2) is 82.3 Å². The summed E-state index contributed by atoms with van der Waals surface area (Å²) in [5.41, 5.74) is 0. The lowest BCUT2D eigenvalue weighted by atomic mass is 10.0. The molecule has 490 valence electrons. The summed E-state index contributed by atoms with van der Waals surface area (Å²) in [6.07, 6.45) is 97.2. The van der Waals surface area contributed by atoms with Crippen molar-refractivity contribution in [3.63, 3.8) is 0 Å². The number of aliphatic carboxylic acids is 1. The molecule has 0 aromatic rings. The lowest BCUT2D eigenvalue weighted by Crippen LogP contribution is -2.44. The number of hydrogen-bond acceptors (Lipinski definition) is 8. The van der Waals surface area contributed by atoms with E-state index in [1.807, 2.05) is 21.1 Å². The van der Waals surface area contributed by atoms with Crippen LogP contribution in [0.5, 0.6) is 0 Å².